The van der Waals surface area contributed by atoms with E-state index in [0.29, 0.717) is 0 Å². The summed E-state index contributed by atoms with van der Waals surface area (Å²) in [6, 6.07) is 46.5. The molecule has 0 aliphatic heterocycles. The van der Waals surface area contributed by atoms with E-state index in [2.05, 4.69) is 118 Å². The first-order valence-electron chi connectivity index (χ1n) is 16.7. The lowest BCUT2D eigenvalue weighted by Gasteiger charge is -2.13. The molecule has 6 heteroatoms. The SMILES string of the molecule is COc1cc2oc3ccc4oc5cc(OC)c(-n6c7ccccc7c7ccccc76)cc5c4c3c2cc1-n1c2ccccc2c2ccccc21. The van der Waals surface area contributed by atoms with Crippen molar-refractivity contribution >= 4 is 87.5 Å². The number of hydrogen-bond acceptors (Lipinski definition) is 4. The molecule has 11 aromatic rings. The van der Waals surface area contributed by atoms with Crippen LogP contribution in [0.1, 0.15) is 0 Å². The number of hydrogen-bond donors (Lipinski definition) is 0. The molecule has 0 N–H and O–H groups in total. The van der Waals surface area contributed by atoms with E-state index in [1.54, 1.807) is 14.2 Å². The number of fused-ring (bicyclic) bond motifs is 13. The van der Waals surface area contributed by atoms with Crippen LogP contribution in [0.15, 0.2) is 142 Å². The molecule has 0 spiro atoms. The predicted molar refractivity (Wildman–Crippen MR) is 203 cm³/mol. The molecule has 0 amide bonds. The number of methoxy groups -OCH3 is 2. The first-order valence-corrected chi connectivity index (χ1v) is 16.7. The van der Waals surface area contributed by atoms with E-state index in [0.717, 1.165) is 88.8 Å². The van der Waals surface area contributed by atoms with Gasteiger partial charge in [0.05, 0.1) is 47.7 Å². The summed E-state index contributed by atoms with van der Waals surface area (Å²) < 4.78 is 29.8. The van der Waals surface area contributed by atoms with Gasteiger partial charge < -0.3 is 27.4 Å². The fraction of sp³-hybridized carbons (Fsp3) is 0.0455. The van der Waals surface area contributed by atoms with Gasteiger partial charge >= 0.3 is 0 Å². The summed E-state index contributed by atoms with van der Waals surface area (Å²) in [5.74, 6) is 1.46. The van der Waals surface area contributed by atoms with E-state index in [1.165, 1.54) is 21.5 Å². The van der Waals surface area contributed by atoms with Crippen LogP contribution in [-0.2, 0) is 0 Å². The lowest BCUT2D eigenvalue weighted by atomic mass is 10.0. The lowest BCUT2D eigenvalue weighted by Crippen LogP contribution is -1.98. The van der Waals surface area contributed by atoms with Gasteiger partial charge in [-0.25, -0.2) is 0 Å². The van der Waals surface area contributed by atoms with Gasteiger partial charge in [0, 0.05) is 55.2 Å². The van der Waals surface area contributed by atoms with Gasteiger partial charge in [0.1, 0.15) is 33.8 Å². The third kappa shape index (κ3) is 3.52. The highest BCUT2D eigenvalue weighted by Gasteiger charge is 2.23. The van der Waals surface area contributed by atoms with Crippen molar-refractivity contribution in [2.45, 2.75) is 0 Å². The Hall–Kier alpha value is -6.66. The van der Waals surface area contributed by atoms with Crippen LogP contribution in [0.3, 0.4) is 0 Å². The molecule has 4 aromatic heterocycles. The molecule has 0 radical (unpaired) electrons. The molecule has 0 unspecified atom stereocenters. The summed E-state index contributed by atoms with van der Waals surface area (Å²) in [7, 11) is 3.43. The third-order valence-corrected chi connectivity index (χ3v) is 10.3. The molecular formula is C44H28N2O4. The molecule has 7 aromatic carbocycles. The van der Waals surface area contributed by atoms with Gasteiger partial charge in [0.15, 0.2) is 0 Å². The standard InChI is InChI=1S/C44H28N2O4/c1-47-41-23-39-29(21-35(41)45-31-15-7-3-11-25(31)26-12-4-8-16-32(26)45)43-37(49-39)19-20-38-44(43)30-22-36(42(48-2)24-40(30)50-38)46-33-17-9-5-13-27(33)28-14-6-10-18-34(28)46/h3-24H,1-2H3. The Morgan fingerprint density at radius 2 is 0.720 bits per heavy atom. The Labute approximate surface area is 284 Å². The van der Waals surface area contributed by atoms with Crippen LogP contribution in [0, 0.1) is 0 Å². The zero-order chi connectivity index (χ0) is 33.1. The summed E-state index contributed by atoms with van der Waals surface area (Å²) in [6.07, 6.45) is 0. The number of benzene rings is 7. The van der Waals surface area contributed by atoms with Gasteiger partial charge in [0.25, 0.3) is 0 Å². The molecule has 0 atom stereocenters. The van der Waals surface area contributed by atoms with Crippen molar-refractivity contribution in [3.8, 4) is 22.9 Å². The van der Waals surface area contributed by atoms with Crippen molar-refractivity contribution in [3.63, 3.8) is 0 Å². The van der Waals surface area contributed by atoms with Gasteiger partial charge in [-0.05, 0) is 48.5 Å². The van der Waals surface area contributed by atoms with Crippen molar-refractivity contribution in [2.24, 2.45) is 0 Å². The minimum absolute atomic E-state index is 0.731. The van der Waals surface area contributed by atoms with Crippen molar-refractivity contribution in [3.05, 3.63) is 133 Å². The zero-order valence-electron chi connectivity index (χ0n) is 27.2. The predicted octanol–water partition coefficient (Wildman–Crippen LogP) is 11.7. The maximum atomic E-state index is 6.57. The minimum atomic E-state index is 0.731. The molecule has 6 nitrogen and oxygen atoms in total. The lowest BCUT2D eigenvalue weighted by molar-refractivity contribution is 0.413. The first kappa shape index (κ1) is 27.3. The van der Waals surface area contributed by atoms with Crippen LogP contribution in [0.5, 0.6) is 11.5 Å². The number of furan rings is 2. The second-order valence-electron chi connectivity index (χ2n) is 12.8. The van der Waals surface area contributed by atoms with E-state index in [-0.39, 0.29) is 0 Å². The Balaban J connectivity index is 1.26. The molecule has 4 heterocycles. The van der Waals surface area contributed by atoms with Crippen molar-refractivity contribution < 1.29 is 18.3 Å². The molecule has 50 heavy (non-hydrogen) atoms. The molecule has 11 rings (SSSR count). The average molecular weight is 649 g/mol. The van der Waals surface area contributed by atoms with Crippen LogP contribution in [0.25, 0.3) is 98.9 Å². The molecule has 0 fully saturated rings. The molecule has 0 bridgehead atoms. The van der Waals surface area contributed by atoms with Crippen molar-refractivity contribution in [1.29, 1.82) is 0 Å². The summed E-state index contributed by atoms with van der Waals surface area (Å²) in [4.78, 5) is 0. The first-order chi connectivity index (χ1) is 24.7. The summed E-state index contributed by atoms with van der Waals surface area (Å²) in [5, 5.41) is 8.74. The largest absolute Gasteiger partial charge is 0.494 e. The maximum absolute atomic E-state index is 6.57. The van der Waals surface area contributed by atoms with Crippen molar-refractivity contribution in [1.82, 2.24) is 9.13 Å². The number of aromatic nitrogens is 2. The maximum Gasteiger partial charge on any atom is 0.146 e. The average Bonchev–Trinajstić information content (AvgIpc) is 3.90. The van der Waals surface area contributed by atoms with Crippen LogP contribution < -0.4 is 9.47 Å². The highest BCUT2D eigenvalue weighted by Crippen LogP contribution is 2.46. The summed E-state index contributed by atoms with van der Waals surface area (Å²) in [6.45, 7) is 0. The van der Waals surface area contributed by atoms with Crippen molar-refractivity contribution in [2.75, 3.05) is 14.2 Å². The van der Waals surface area contributed by atoms with E-state index in [4.69, 9.17) is 18.3 Å². The highest BCUT2D eigenvalue weighted by atomic mass is 16.5. The molecule has 0 saturated heterocycles. The molecular weight excluding hydrogens is 620 g/mol. The molecule has 0 saturated carbocycles. The number of nitrogens with zero attached hydrogens (tertiary/aromatic N) is 2. The second kappa shape index (κ2) is 9.94. The smallest absolute Gasteiger partial charge is 0.146 e. The van der Waals surface area contributed by atoms with Crippen LogP contribution in [0.2, 0.25) is 0 Å². The van der Waals surface area contributed by atoms with Gasteiger partial charge in [0.2, 0.25) is 0 Å². The Morgan fingerprint density at radius 3 is 1.06 bits per heavy atom. The molecule has 0 aliphatic rings. The molecule has 0 aliphatic carbocycles. The molecule has 238 valence electrons. The fourth-order valence-electron chi connectivity index (χ4n) is 8.21. The fourth-order valence-corrected chi connectivity index (χ4v) is 8.21. The van der Waals surface area contributed by atoms with Gasteiger partial charge in [-0.1, -0.05) is 72.8 Å². The second-order valence-corrected chi connectivity index (χ2v) is 12.8. The Kier molecular flexibility index (Phi) is 5.43. The van der Waals surface area contributed by atoms with E-state index < -0.39 is 0 Å². The van der Waals surface area contributed by atoms with E-state index in [1.807, 2.05) is 24.3 Å². The quantitative estimate of drug-likeness (QED) is 0.191. The number of rotatable bonds is 4. The Bertz CT molecular complexity index is 2870. The highest BCUT2D eigenvalue weighted by molar-refractivity contribution is 6.26. The Morgan fingerprint density at radius 1 is 0.380 bits per heavy atom. The third-order valence-electron chi connectivity index (χ3n) is 10.3. The van der Waals surface area contributed by atoms with Crippen LogP contribution in [0.4, 0.5) is 0 Å². The normalized spacial score (nSPS) is 12.2. The van der Waals surface area contributed by atoms with Gasteiger partial charge in [-0.15, -0.1) is 0 Å². The van der Waals surface area contributed by atoms with E-state index in [9.17, 15) is 0 Å². The number of ether oxygens (including phenoxy) is 2. The van der Waals surface area contributed by atoms with Crippen LogP contribution in [-0.4, -0.2) is 23.4 Å². The van der Waals surface area contributed by atoms with E-state index >= 15 is 0 Å². The summed E-state index contributed by atoms with van der Waals surface area (Å²) in [5.41, 5.74) is 9.40. The topological polar surface area (TPSA) is 54.6 Å². The van der Waals surface area contributed by atoms with Gasteiger partial charge in [-0.3, -0.25) is 0 Å². The summed E-state index contributed by atoms with van der Waals surface area (Å²) >= 11 is 0. The minimum Gasteiger partial charge on any atom is -0.494 e. The number of para-hydroxylation sites is 4. The monoisotopic (exact) mass is 648 g/mol. The van der Waals surface area contributed by atoms with Crippen LogP contribution >= 0.6 is 0 Å². The zero-order valence-corrected chi connectivity index (χ0v) is 27.2. The van der Waals surface area contributed by atoms with Gasteiger partial charge in [-0.2, -0.15) is 0 Å².